The van der Waals surface area contributed by atoms with Crippen LogP contribution in [0.3, 0.4) is 0 Å². The zero-order chi connectivity index (χ0) is 20.4. The first-order chi connectivity index (χ1) is 12.5. The number of aromatic carboxylic acids is 1. The molecule has 0 atom stereocenters. The van der Waals surface area contributed by atoms with Crippen molar-refractivity contribution in [1.29, 1.82) is 0 Å². The summed E-state index contributed by atoms with van der Waals surface area (Å²) < 4.78 is 30.2. The molecule has 3 rings (SSSR count). The molecule has 27 heavy (non-hydrogen) atoms. The molecule has 0 amide bonds. The number of carboxylic acids is 1. The topological polar surface area (TPSA) is 138 Å². The third-order valence-electron chi connectivity index (χ3n) is 3.66. The molecule has 9 heteroatoms. The summed E-state index contributed by atoms with van der Waals surface area (Å²) in [5.74, 6) is -1.32. The van der Waals surface area contributed by atoms with Crippen molar-refractivity contribution in [1.82, 2.24) is 0 Å². The Labute approximate surface area is 160 Å². The van der Waals surface area contributed by atoms with Gasteiger partial charge in [-0.15, -0.1) is 0 Å². The molecule has 5 N–H and O–H groups in total. The number of hydrogen-bond donors (Lipinski definition) is 4. The first-order valence-corrected chi connectivity index (χ1v) is 9.30. The Kier molecular flexibility index (Phi) is 5.94. The number of halogens is 1. The van der Waals surface area contributed by atoms with Crippen molar-refractivity contribution in [2.75, 3.05) is 5.73 Å². The van der Waals surface area contributed by atoms with Gasteiger partial charge in [-0.25, -0.2) is 4.79 Å². The number of rotatable bonds is 2. The summed E-state index contributed by atoms with van der Waals surface area (Å²) in [6.45, 7) is 1.62. The van der Waals surface area contributed by atoms with E-state index in [0.29, 0.717) is 10.6 Å². The lowest BCUT2D eigenvalue weighted by molar-refractivity contribution is 0.0694. The maximum absolute atomic E-state index is 10.7. The maximum atomic E-state index is 10.7. The van der Waals surface area contributed by atoms with Crippen molar-refractivity contribution in [3.63, 3.8) is 0 Å². The fourth-order valence-electron chi connectivity index (χ4n) is 2.29. The van der Waals surface area contributed by atoms with Crippen LogP contribution in [0, 0.1) is 6.92 Å². The minimum absolute atomic E-state index is 0.0573. The normalized spacial score (nSPS) is 10.9. The number of phenols is 1. The standard InChI is InChI=1S/C11H8O3.C7H8ClNO3S/c12-10-6-8-4-2-1-3-7(8)5-9(10)11(13)14;1-4-2-7(13(10,11)12)6(9)3-5(4)8/h1-6,12H,(H,13,14);2-3H,9H2,1H3,(H,10,11,12). The number of fused-ring (bicyclic) bond motifs is 1. The van der Waals surface area contributed by atoms with Gasteiger partial charge in [-0.3, -0.25) is 4.55 Å². The molecule has 3 aromatic carbocycles. The summed E-state index contributed by atoms with van der Waals surface area (Å²) >= 11 is 5.68. The lowest BCUT2D eigenvalue weighted by atomic mass is 10.1. The number of carbonyl (C=O) groups is 1. The predicted octanol–water partition coefficient (Wildman–Crippen LogP) is 3.72. The van der Waals surface area contributed by atoms with Gasteiger partial charge in [0.05, 0.1) is 5.69 Å². The van der Waals surface area contributed by atoms with Gasteiger partial charge < -0.3 is 15.9 Å². The maximum Gasteiger partial charge on any atom is 0.339 e. The van der Waals surface area contributed by atoms with Gasteiger partial charge in [-0.2, -0.15) is 8.42 Å². The quantitative estimate of drug-likeness (QED) is 0.373. The molecule has 0 aliphatic heterocycles. The smallest absolute Gasteiger partial charge is 0.339 e. The van der Waals surface area contributed by atoms with Crippen LogP contribution in [0.1, 0.15) is 15.9 Å². The molecule has 7 nitrogen and oxygen atoms in total. The van der Waals surface area contributed by atoms with Gasteiger partial charge in [0, 0.05) is 5.02 Å². The molecule has 0 unspecified atom stereocenters. The number of hydrogen-bond acceptors (Lipinski definition) is 5. The van der Waals surface area contributed by atoms with Gasteiger partial charge in [0.15, 0.2) is 0 Å². The van der Waals surface area contributed by atoms with Gasteiger partial charge in [0.25, 0.3) is 10.1 Å². The molecule has 0 radical (unpaired) electrons. The first-order valence-electron chi connectivity index (χ1n) is 7.49. The largest absolute Gasteiger partial charge is 0.507 e. The van der Waals surface area contributed by atoms with E-state index in [9.17, 15) is 18.3 Å². The lowest BCUT2D eigenvalue weighted by Crippen LogP contribution is -2.03. The number of nitrogen functional groups attached to an aromatic ring is 1. The van der Waals surface area contributed by atoms with Crippen molar-refractivity contribution in [3.05, 3.63) is 64.7 Å². The second-order valence-corrected chi connectivity index (χ2v) is 7.43. The summed E-state index contributed by atoms with van der Waals surface area (Å²) in [6.07, 6.45) is 0. The summed E-state index contributed by atoms with van der Waals surface area (Å²) in [5, 5.41) is 20.2. The van der Waals surface area contributed by atoms with Gasteiger partial charge in [-0.1, -0.05) is 35.9 Å². The van der Waals surface area contributed by atoms with Crippen molar-refractivity contribution >= 4 is 44.1 Å². The Balaban J connectivity index is 0.000000194. The van der Waals surface area contributed by atoms with Crippen LogP contribution in [-0.4, -0.2) is 29.2 Å². The monoisotopic (exact) mass is 409 g/mol. The Bertz CT molecular complexity index is 1130. The second-order valence-electron chi connectivity index (χ2n) is 5.64. The van der Waals surface area contributed by atoms with Crippen LogP contribution in [0.15, 0.2) is 53.4 Å². The number of nitrogens with two attached hydrogens (primary N) is 1. The van der Waals surface area contributed by atoms with E-state index in [2.05, 4.69) is 0 Å². The fraction of sp³-hybridized carbons (Fsp3) is 0.0556. The number of aromatic hydroxyl groups is 1. The molecule has 0 spiro atoms. The van der Waals surface area contributed by atoms with E-state index in [1.54, 1.807) is 13.0 Å². The van der Waals surface area contributed by atoms with E-state index in [4.69, 9.17) is 27.0 Å². The van der Waals surface area contributed by atoms with Crippen molar-refractivity contribution in [2.45, 2.75) is 11.8 Å². The highest BCUT2D eigenvalue weighted by Crippen LogP contribution is 2.26. The highest BCUT2D eigenvalue weighted by atomic mass is 35.5. The molecule has 0 heterocycles. The molecule has 0 aromatic heterocycles. The van der Waals surface area contributed by atoms with E-state index in [0.717, 1.165) is 10.8 Å². The molecular formula is C18H16ClNO6S. The van der Waals surface area contributed by atoms with Gasteiger partial charge in [0.2, 0.25) is 0 Å². The molecule has 3 aromatic rings. The van der Waals surface area contributed by atoms with E-state index < -0.39 is 16.1 Å². The summed E-state index contributed by atoms with van der Waals surface area (Å²) in [6, 6.07) is 12.7. The summed E-state index contributed by atoms with van der Waals surface area (Å²) in [5.41, 5.74) is 5.77. The van der Waals surface area contributed by atoms with Crippen LogP contribution in [0.25, 0.3) is 10.8 Å². The Morgan fingerprint density at radius 1 is 1.07 bits per heavy atom. The third kappa shape index (κ3) is 4.88. The van der Waals surface area contributed by atoms with Crippen LogP contribution >= 0.6 is 11.6 Å². The molecule has 142 valence electrons. The van der Waals surface area contributed by atoms with Gasteiger partial charge in [0.1, 0.15) is 16.2 Å². The molecule has 0 saturated heterocycles. The van der Waals surface area contributed by atoms with Crippen molar-refractivity contribution in [3.8, 4) is 5.75 Å². The van der Waals surface area contributed by atoms with E-state index in [1.807, 2.05) is 18.2 Å². The van der Waals surface area contributed by atoms with Crippen LogP contribution in [0.2, 0.25) is 5.02 Å². The molecule has 0 aliphatic rings. The Morgan fingerprint density at radius 2 is 1.63 bits per heavy atom. The zero-order valence-electron chi connectivity index (χ0n) is 14.0. The van der Waals surface area contributed by atoms with Crippen molar-refractivity contribution < 1.29 is 28.0 Å². The number of aryl methyl sites for hydroxylation is 1. The van der Waals surface area contributed by atoms with E-state index in [1.165, 1.54) is 24.3 Å². The minimum atomic E-state index is -4.26. The number of benzene rings is 3. The third-order valence-corrected chi connectivity index (χ3v) is 4.98. The summed E-state index contributed by atoms with van der Waals surface area (Å²) in [7, 11) is -4.26. The van der Waals surface area contributed by atoms with Crippen LogP contribution in [0.5, 0.6) is 5.75 Å². The highest BCUT2D eigenvalue weighted by molar-refractivity contribution is 7.86. The SMILES string of the molecule is Cc1cc(S(=O)(=O)O)c(N)cc1Cl.O=C(O)c1cc2ccccc2cc1O. The second kappa shape index (κ2) is 7.83. The van der Waals surface area contributed by atoms with E-state index >= 15 is 0 Å². The fourth-order valence-corrected chi connectivity index (χ4v) is 3.15. The highest BCUT2D eigenvalue weighted by Gasteiger charge is 2.15. The summed E-state index contributed by atoms with van der Waals surface area (Å²) in [4.78, 5) is 10.4. The molecule has 0 saturated carbocycles. The lowest BCUT2D eigenvalue weighted by Gasteiger charge is -2.04. The van der Waals surface area contributed by atoms with Crippen LogP contribution in [-0.2, 0) is 10.1 Å². The minimum Gasteiger partial charge on any atom is -0.507 e. The van der Waals surface area contributed by atoms with Gasteiger partial charge >= 0.3 is 5.97 Å². The predicted molar refractivity (Wildman–Crippen MR) is 103 cm³/mol. The number of anilines is 1. The molecule has 0 fully saturated rings. The average molecular weight is 410 g/mol. The first kappa shape index (κ1) is 20.5. The Hall–Kier alpha value is -2.81. The van der Waals surface area contributed by atoms with Gasteiger partial charge in [-0.05, 0) is 47.5 Å². The molecule has 0 aliphatic carbocycles. The van der Waals surface area contributed by atoms with Crippen LogP contribution in [0.4, 0.5) is 5.69 Å². The molecule has 0 bridgehead atoms. The van der Waals surface area contributed by atoms with Crippen molar-refractivity contribution in [2.24, 2.45) is 0 Å². The van der Waals surface area contributed by atoms with Crippen LogP contribution < -0.4 is 5.73 Å². The molecular weight excluding hydrogens is 394 g/mol. The Morgan fingerprint density at radius 3 is 2.15 bits per heavy atom. The average Bonchev–Trinajstić information content (AvgIpc) is 2.57. The zero-order valence-corrected chi connectivity index (χ0v) is 15.6. The number of carboxylic acid groups (broad SMARTS) is 1. The van der Waals surface area contributed by atoms with E-state index in [-0.39, 0.29) is 21.9 Å².